The van der Waals surface area contributed by atoms with Crippen molar-refractivity contribution in [2.45, 2.75) is 18.2 Å². The largest absolute Gasteiger partial charge is 0.307 e. The quantitative estimate of drug-likeness (QED) is 0.746. The van der Waals surface area contributed by atoms with Gasteiger partial charge in [-0.15, -0.1) is 11.3 Å². The summed E-state index contributed by atoms with van der Waals surface area (Å²) in [4.78, 5) is 1.48. The van der Waals surface area contributed by atoms with Crippen molar-refractivity contribution in [2.24, 2.45) is 0 Å². The molecule has 1 aliphatic rings. The summed E-state index contributed by atoms with van der Waals surface area (Å²) >= 11 is 3.92. The van der Waals surface area contributed by atoms with Gasteiger partial charge < -0.3 is 5.32 Å². The molecule has 2 rings (SSSR count). The molecule has 0 bridgehead atoms. The van der Waals surface area contributed by atoms with Gasteiger partial charge in [-0.2, -0.15) is 11.8 Å². The molecule has 2 heterocycles. The lowest BCUT2D eigenvalue weighted by molar-refractivity contribution is 0.571. The van der Waals surface area contributed by atoms with Crippen LogP contribution in [0.2, 0.25) is 0 Å². The van der Waals surface area contributed by atoms with Crippen molar-refractivity contribution in [2.75, 3.05) is 12.3 Å². The first-order chi connectivity index (χ1) is 5.86. The molecular weight excluding hydrogens is 186 g/mol. The molecule has 2 unspecified atom stereocenters. The molecule has 3 heteroatoms. The standard InChI is InChI=1S/C9H13NS2/c1-7-5-10-8(6-12-7)9-3-2-4-11-9/h2-4,7-8,10H,5-6H2,1H3. The minimum absolute atomic E-state index is 0.603. The van der Waals surface area contributed by atoms with E-state index in [1.165, 1.54) is 10.6 Å². The lowest BCUT2D eigenvalue weighted by Gasteiger charge is -2.26. The number of hydrogen-bond acceptors (Lipinski definition) is 3. The predicted molar refractivity (Wildman–Crippen MR) is 57.0 cm³/mol. The Kier molecular flexibility index (Phi) is 2.73. The van der Waals surface area contributed by atoms with Crippen molar-refractivity contribution in [1.82, 2.24) is 5.32 Å². The van der Waals surface area contributed by atoms with Gasteiger partial charge in [0.25, 0.3) is 0 Å². The maximum Gasteiger partial charge on any atom is 0.0507 e. The average Bonchev–Trinajstić information content (AvgIpc) is 2.58. The van der Waals surface area contributed by atoms with E-state index in [0.29, 0.717) is 6.04 Å². The van der Waals surface area contributed by atoms with E-state index in [4.69, 9.17) is 0 Å². The number of hydrogen-bond donors (Lipinski definition) is 1. The van der Waals surface area contributed by atoms with Crippen LogP contribution in [0.4, 0.5) is 0 Å². The van der Waals surface area contributed by atoms with Gasteiger partial charge in [-0.05, 0) is 11.4 Å². The van der Waals surface area contributed by atoms with Crippen LogP contribution in [-0.2, 0) is 0 Å². The van der Waals surface area contributed by atoms with E-state index in [2.05, 4.69) is 41.5 Å². The summed E-state index contributed by atoms with van der Waals surface area (Å²) in [6.45, 7) is 3.43. The molecule has 2 atom stereocenters. The predicted octanol–water partition coefficient (Wildman–Crippen LogP) is 2.51. The molecule has 0 aromatic carbocycles. The van der Waals surface area contributed by atoms with Gasteiger partial charge >= 0.3 is 0 Å². The van der Waals surface area contributed by atoms with Gasteiger partial charge in [0.2, 0.25) is 0 Å². The fourth-order valence-electron chi connectivity index (χ4n) is 1.36. The van der Waals surface area contributed by atoms with Gasteiger partial charge in [-0.3, -0.25) is 0 Å². The number of rotatable bonds is 1. The van der Waals surface area contributed by atoms with E-state index < -0.39 is 0 Å². The monoisotopic (exact) mass is 199 g/mol. The highest BCUT2D eigenvalue weighted by molar-refractivity contribution is 8.00. The molecule has 1 aliphatic heterocycles. The minimum Gasteiger partial charge on any atom is -0.307 e. The Bertz CT molecular complexity index is 225. The molecule has 1 aromatic rings. The summed E-state index contributed by atoms with van der Waals surface area (Å²) in [7, 11) is 0. The molecule has 0 saturated carbocycles. The summed E-state index contributed by atoms with van der Waals surface area (Å²) in [5.74, 6) is 1.22. The molecule has 0 amide bonds. The van der Waals surface area contributed by atoms with Gasteiger partial charge in [0.15, 0.2) is 0 Å². The smallest absolute Gasteiger partial charge is 0.0507 e. The zero-order valence-corrected chi connectivity index (χ0v) is 8.75. The van der Waals surface area contributed by atoms with Crippen LogP contribution in [0.15, 0.2) is 17.5 Å². The number of thiophene rings is 1. The lowest BCUT2D eigenvalue weighted by atomic mass is 10.2. The zero-order valence-electron chi connectivity index (χ0n) is 7.12. The average molecular weight is 199 g/mol. The first kappa shape index (κ1) is 8.60. The van der Waals surface area contributed by atoms with Crippen molar-refractivity contribution >= 4 is 23.1 Å². The van der Waals surface area contributed by atoms with Gasteiger partial charge in [-0.25, -0.2) is 0 Å². The van der Waals surface area contributed by atoms with Crippen molar-refractivity contribution in [3.63, 3.8) is 0 Å². The molecule has 1 fully saturated rings. The van der Waals surface area contributed by atoms with Crippen LogP contribution in [0.3, 0.4) is 0 Å². The Morgan fingerprint density at radius 1 is 1.58 bits per heavy atom. The normalized spacial score (nSPS) is 30.4. The summed E-state index contributed by atoms with van der Waals surface area (Å²) < 4.78 is 0. The third kappa shape index (κ3) is 1.84. The van der Waals surface area contributed by atoms with Crippen molar-refractivity contribution in [1.29, 1.82) is 0 Å². The highest BCUT2D eigenvalue weighted by Gasteiger charge is 2.19. The van der Waals surface area contributed by atoms with Crippen LogP contribution < -0.4 is 5.32 Å². The maximum atomic E-state index is 3.56. The Labute approximate surface area is 81.6 Å². The number of thioether (sulfide) groups is 1. The zero-order chi connectivity index (χ0) is 8.39. The maximum absolute atomic E-state index is 3.56. The third-order valence-electron chi connectivity index (χ3n) is 2.09. The van der Waals surface area contributed by atoms with E-state index in [0.717, 1.165) is 11.8 Å². The molecule has 1 N–H and O–H groups in total. The summed E-state index contributed by atoms with van der Waals surface area (Å²) in [5, 5.41) is 6.49. The Morgan fingerprint density at radius 3 is 3.08 bits per heavy atom. The SMILES string of the molecule is CC1CNC(c2cccs2)CS1. The van der Waals surface area contributed by atoms with Crippen LogP contribution in [0.1, 0.15) is 17.8 Å². The van der Waals surface area contributed by atoms with Crippen LogP contribution in [0, 0.1) is 0 Å². The molecule has 0 aliphatic carbocycles. The molecular formula is C9H13NS2. The Hall–Kier alpha value is 0.01000. The number of nitrogens with one attached hydrogen (secondary N) is 1. The second-order valence-corrected chi connectivity index (χ2v) is 5.57. The van der Waals surface area contributed by atoms with Crippen LogP contribution in [-0.4, -0.2) is 17.5 Å². The highest BCUT2D eigenvalue weighted by atomic mass is 32.2. The van der Waals surface area contributed by atoms with E-state index in [9.17, 15) is 0 Å². The topological polar surface area (TPSA) is 12.0 Å². The second-order valence-electron chi connectivity index (χ2n) is 3.12. The fourth-order valence-corrected chi connectivity index (χ4v) is 3.30. The molecule has 1 saturated heterocycles. The van der Waals surface area contributed by atoms with Gasteiger partial charge in [0.05, 0.1) is 6.04 Å². The second kappa shape index (κ2) is 3.81. The summed E-state index contributed by atoms with van der Waals surface area (Å²) in [6, 6.07) is 4.95. The van der Waals surface area contributed by atoms with Crippen molar-refractivity contribution in [3.05, 3.63) is 22.4 Å². The molecule has 0 spiro atoms. The Morgan fingerprint density at radius 2 is 2.50 bits per heavy atom. The van der Waals surface area contributed by atoms with E-state index in [1.807, 2.05) is 11.3 Å². The van der Waals surface area contributed by atoms with Crippen LogP contribution >= 0.6 is 23.1 Å². The first-order valence-electron chi connectivity index (χ1n) is 4.24. The summed E-state index contributed by atoms with van der Waals surface area (Å²) in [6.07, 6.45) is 0. The Balaban J connectivity index is 1.99. The molecule has 12 heavy (non-hydrogen) atoms. The first-order valence-corrected chi connectivity index (χ1v) is 6.17. The van der Waals surface area contributed by atoms with E-state index in [1.54, 1.807) is 0 Å². The molecule has 66 valence electrons. The van der Waals surface area contributed by atoms with E-state index >= 15 is 0 Å². The van der Waals surface area contributed by atoms with Gasteiger partial charge in [-0.1, -0.05) is 13.0 Å². The van der Waals surface area contributed by atoms with Crippen LogP contribution in [0.25, 0.3) is 0 Å². The summed E-state index contributed by atoms with van der Waals surface area (Å²) in [5.41, 5.74) is 0. The van der Waals surface area contributed by atoms with Crippen molar-refractivity contribution < 1.29 is 0 Å². The lowest BCUT2D eigenvalue weighted by Crippen LogP contribution is -2.34. The van der Waals surface area contributed by atoms with E-state index in [-0.39, 0.29) is 0 Å². The molecule has 1 nitrogen and oxygen atoms in total. The molecule has 0 radical (unpaired) electrons. The van der Waals surface area contributed by atoms with Gasteiger partial charge in [0.1, 0.15) is 0 Å². The van der Waals surface area contributed by atoms with Crippen molar-refractivity contribution in [3.8, 4) is 0 Å². The van der Waals surface area contributed by atoms with Crippen LogP contribution in [0.5, 0.6) is 0 Å². The fraction of sp³-hybridized carbons (Fsp3) is 0.556. The van der Waals surface area contributed by atoms with Gasteiger partial charge in [0, 0.05) is 22.4 Å². The molecule has 1 aromatic heterocycles. The highest BCUT2D eigenvalue weighted by Crippen LogP contribution is 2.28. The third-order valence-corrected chi connectivity index (χ3v) is 4.33. The minimum atomic E-state index is 0.603.